The first kappa shape index (κ1) is 16.9. The van der Waals surface area contributed by atoms with E-state index < -0.39 is 0 Å². The smallest absolute Gasteiger partial charge is 0.312 e. The van der Waals surface area contributed by atoms with E-state index in [0.717, 1.165) is 35.5 Å². The molecular weight excluding hydrogens is 410 g/mol. The number of hydrogen-bond donors (Lipinski definition) is 0. The molecule has 0 radical (unpaired) electrons. The van der Waals surface area contributed by atoms with Crippen LogP contribution in [0.2, 0.25) is 0 Å². The van der Waals surface area contributed by atoms with Gasteiger partial charge >= 0.3 is 5.97 Å². The van der Waals surface area contributed by atoms with Crippen molar-refractivity contribution in [2.45, 2.75) is 49.5 Å². The highest BCUT2D eigenvalue weighted by atomic mass is 79.9. The molecule has 5 heteroatoms. The number of halogens is 1. The highest BCUT2D eigenvalue weighted by Gasteiger charge is 2.60. The number of carbonyl (C=O) groups excluding carboxylic acids is 1. The quantitative estimate of drug-likeness (QED) is 0.467. The number of alkyl halides is 1. The summed E-state index contributed by atoms with van der Waals surface area (Å²) in [7, 11) is 0. The second-order valence-corrected chi connectivity index (χ2v) is 11.0. The highest BCUT2D eigenvalue weighted by molar-refractivity contribution is 9.10. The van der Waals surface area contributed by atoms with Crippen molar-refractivity contribution in [2.75, 3.05) is 0 Å². The first-order valence-electron chi connectivity index (χ1n) is 9.40. The minimum atomic E-state index is -0.258. The molecule has 4 fully saturated rings. The standard InChI is InChI=1S/C21H22BrNO2S/c22-21-9-14-6-15(10-21)8-20(7-14,13-21)19(24)25-11-17-12-26-18(23-17)16-4-2-1-3-5-16/h1-5,12,14-15H,6-11,13H2/t14-,15+,20?,21?. The number of nitrogens with zero attached hydrogens (tertiary/aromatic N) is 1. The Morgan fingerprint density at radius 1 is 1.19 bits per heavy atom. The lowest BCUT2D eigenvalue weighted by Gasteiger charge is -2.58. The molecule has 0 amide bonds. The number of aromatic nitrogens is 1. The van der Waals surface area contributed by atoms with Crippen molar-refractivity contribution in [3.05, 3.63) is 41.4 Å². The summed E-state index contributed by atoms with van der Waals surface area (Å²) in [6.45, 7) is 0.286. The van der Waals surface area contributed by atoms with Crippen LogP contribution in [0.15, 0.2) is 35.7 Å². The SMILES string of the molecule is O=C(OCc1csc(-c2ccccc2)n1)C12C[C@@H]3C[C@@H](CC(Br)(C3)C1)C2. The fraction of sp³-hybridized carbons (Fsp3) is 0.524. The molecule has 2 aromatic rings. The molecule has 3 nitrogen and oxygen atoms in total. The van der Waals surface area contributed by atoms with Crippen LogP contribution in [-0.4, -0.2) is 15.3 Å². The van der Waals surface area contributed by atoms with Gasteiger partial charge in [-0.3, -0.25) is 4.79 Å². The van der Waals surface area contributed by atoms with Gasteiger partial charge in [0, 0.05) is 15.3 Å². The summed E-state index contributed by atoms with van der Waals surface area (Å²) in [5.41, 5.74) is 1.70. The Labute approximate surface area is 166 Å². The maximum atomic E-state index is 13.0. The third kappa shape index (κ3) is 2.93. The normalized spacial score (nSPS) is 34.8. The first-order chi connectivity index (χ1) is 12.5. The minimum Gasteiger partial charge on any atom is -0.459 e. The Morgan fingerprint density at radius 2 is 1.92 bits per heavy atom. The summed E-state index contributed by atoms with van der Waals surface area (Å²) in [6, 6.07) is 10.1. The van der Waals surface area contributed by atoms with Crippen LogP contribution in [0.3, 0.4) is 0 Å². The Hall–Kier alpha value is -1.20. The summed E-state index contributed by atoms with van der Waals surface area (Å²) < 4.78 is 5.97. The Kier molecular flexibility index (Phi) is 4.02. The van der Waals surface area contributed by atoms with Crippen molar-refractivity contribution in [1.29, 1.82) is 0 Å². The van der Waals surface area contributed by atoms with Gasteiger partial charge in [0.25, 0.3) is 0 Å². The maximum absolute atomic E-state index is 13.0. The predicted molar refractivity (Wildman–Crippen MR) is 106 cm³/mol. The van der Waals surface area contributed by atoms with E-state index in [1.54, 1.807) is 11.3 Å². The summed E-state index contributed by atoms with van der Waals surface area (Å²) >= 11 is 5.57. The maximum Gasteiger partial charge on any atom is 0.312 e. The molecule has 0 spiro atoms. The van der Waals surface area contributed by atoms with Crippen LogP contribution >= 0.6 is 27.3 Å². The lowest BCUT2D eigenvalue weighted by molar-refractivity contribution is -0.171. The van der Waals surface area contributed by atoms with Gasteiger partial charge in [0.2, 0.25) is 0 Å². The second-order valence-electron chi connectivity index (χ2n) is 8.48. The molecule has 6 rings (SSSR count). The molecule has 0 N–H and O–H groups in total. The first-order valence-corrected chi connectivity index (χ1v) is 11.1. The molecule has 2 unspecified atom stereocenters. The number of ether oxygens (including phenoxy) is 1. The van der Waals surface area contributed by atoms with Gasteiger partial charge in [-0.2, -0.15) is 0 Å². The van der Waals surface area contributed by atoms with Gasteiger partial charge in [0.05, 0.1) is 11.1 Å². The molecule has 4 bridgehead atoms. The van der Waals surface area contributed by atoms with E-state index in [4.69, 9.17) is 4.74 Å². The molecule has 1 aromatic heterocycles. The van der Waals surface area contributed by atoms with E-state index in [2.05, 4.69) is 33.0 Å². The molecule has 1 aromatic carbocycles. The summed E-state index contributed by atoms with van der Waals surface area (Å²) in [5, 5.41) is 2.98. The molecular formula is C21H22BrNO2S. The molecule has 4 aliphatic carbocycles. The van der Waals surface area contributed by atoms with Gasteiger partial charge in [-0.05, 0) is 50.4 Å². The van der Waals surface area contributed by atoms with Crippen molar-refractivity contribution in [2.24, 2.45) is 17.3 Å². The molecule has 0 saturated heterocycles. The van der Waals surface area contributed by atoms with Gasteiger partial charge in [-0.1, -0.05) is 46.3 Å². The average Bonchev–Trinajstić information content (AvgIpc) is 3.07. The topological polar surface area (TPSA) is 39.2 Å². The predicted octanol–water partition coefficient (Wildman–Crippen LogP) is 5.59. The van der Waals surface area contributed by atoms with Crippen molar-refractivity contribution >= 4 is 33.2 Å². The van der Waals surface area contributed by atoms with E-state index in [1.165, 1.54) is 19.3 Å². The number of carbonyl (C=O) groups is 1. The van der Waals surface area contributed by atoms with Crippen LogP contribution in [0.5, 0.6) is 0 Å². The molecule has 4 saturated carbocycles. The zero-order valence-electron chi connectivity index (χ0n) is 14.6. The summed E-state index contributed by atoms with van der Waals surface area (Å²) in [4.78, 5) is 17.7. The summed E-state index contributed by atoms with van der Waals surface area (Å²) in [6.07, 6.45) is 6.73. The average molecular weight is 432 g/mol. The van der Waals surface area contributed by atoms with Crippen LogP contribution in [0.25, 0.3) is 10.6 Å². The van der Waals surface area contributed by atoms with E-state index in [0.29, 0.717) is 11.8 Å². The number of esters is 1. The Morgan fingerprint density at radius 3 is 2.62 bits per heavy atom. The van der Waals surface area contributed by atoms with Crippen molar-refractivity contribution in [3.63, 3.8) is 0 Å². The van der Waals surface area contributed by atoms with Gasteiger partial charge < -0.3 is 4.74 Å². The zero-order valence-corrected chi connectivity index (χ0v) is 17.0. The van der Waals surface area contributed by atoms with E-state index >= 15 is 0 Å². The lowest BCUT2D eigenvalue weighted by atomic mass is 9.49. The molecule has 1 heterocycles. The van der Waals surface area contributed by atoms with E-state index in [1.807, 2.05) is 23.6 Å². The highest BCUT2D eigenvalue weighted by Crippen LogP contribution is 2.64. The van der Waals surface area contributed by atoms with Crippen molar-refractivity contribution < 1.29 is 9.53 Å². The van der Waals surface area contributed by atoms with E-state index in [-0.39, 0.29) is 22.3 Å². The fourth-order valence-corrected chi connectivity index (χ4v) is 8.03. The van der Waals surface area contributed by atoms with Gasteiger partial charge in [0.15, 0.2) is 0 Å². The number of thiazole rings is 1. The van der Waals surface area contributed by atoms with Crippen LogP contribution in [0.1, 0.15) is 44.2 Å². The van der Waals surface area contributed by atoms with Crippen molar-refractivity contribution in [3.8, 4) is 10.6 Å². The number of hydrogen-bond acceptors (Lipinski definition) is 4. The third-order valence-corrected chi connectivity index (χ3v) is 8.21. The molecule has 4 atom stereocenters. The van der Waals surface area contributed by atoms with E-state index in [9.17, 15) is 4.79 Å². The fourth-order valence-electron chi connectivity index (χ4n) is 5.77. The molecule has 26 heavy (non-hydrogen) atoms. The number of benzene rings is 1. The number of rotatable bonds is 4. The molecule has 0 aliphatic heterocycles. The van der Waals surface area contributed by atoms with Crippen LogP contribution < -0.4 is 0 Å². The van der Waals surface area contributed by atoms with Gasteiger partial charge in [-0.15, -0.1) is 11.3 Å². The van der Waals surface area contributed by atoms with Crippen LogP contribution in [-0.2, 0) is 16.1 Å². The molecule has 136 valence electrons. The Balaban J connectivity index is 1.28. The largest absolute Gasteiger partial charge is 0.459 e. The monoisotopic (exact) mass is 431 g/mol. The zero-order chi connectivity index (χ0) is 17.8. The van der Waals surface area contributed by atoms with Gasteiger partial charge in [0.1, 0.15) is 11.6 Å². The minimum absolute atomic E-state index is 0.00434. The Bertz CT molecular complexity index is 820. The van der Waals surface area contributed by atoms with Crippen molar-refractivity contribution in [1.82, 2.24) is 4.98 Å². The third-order valence-electron chi connectivity index (χ3n) is 6.35. The van der Waals surface area contributed by atoms with Crippen LogP contribution in [0, 0.1) is 17.3 Å². The second kappa shape index (κ2) is 6.16. The van der Waals surface area contributed by atoms with Gasteiger partial charge in [-0.25, -0.2) is 4.98 Å². The molecule has 4 aliphatic rings. The lowest BCUT2D eigenvalue weighted by Crippen LogP contribution is -2.56. The summed E-state index contributed by atoms with van der Waals surface area (Å²) in [5.74, 6) is 1.38. The van der Waals surface area contributed by atoms with Crippen LogP contribution in [0.4, 0.5) is 0 Å².